The summed E-state index contributed by atoms with van der Waals surface area (Å²) in [6, 6.07) is 9.46. The number of nitrogen functional groups attached to an aromatic ring is 1. The highest BCUT2D eigenvalue weighted by Gasteiger charge is 2.05. The van der Waals surface area contributed by atoms with Gasteiger partial charge >= 0.3 is 0 Å². The van der Waals surface area contributed by atoms with E-state index in [0.717, 1.165) is 20.9 Å². The average Bonchev–Trinajstić information content (AvgIpc) is 2.30. The molecule has 17 heavy (non-hydrogen) atoms. The van der Waals surface area contributed by atoms with Crippen LogP contribution < -0.4 is 5.73 Å². The quantitative estimate of drug-likeness (QED) is 0.671. The van der Waals surface area contributed by atoms with Crippen LogP contribution in [-0.4, -0.2) is 4.98 Å². The molecule has 0 atom stereocenters. The third-order valence-electron chi connectivity index (χ3n) is 2.17. The van der Waals surface area contributed by atoms with Gasteiger partial charge in [-0.25, -0.2) is 4.98 Å². The fourth-order valence-electron chi connectivity index (χ4n) is 1.30. The Morgan fingerprint density at radius 3 is 2.88 bits per heavy atom. The molecule has 0 saturated carbocycles. The number of hydrogen-bond acceptors (Lipinski definition) is 3. The van der Waals surface area contributed by atoms with Crippen molar-refractivity contribution in [3.05, 3.63) is 51.6 Å². The molecule has 0 aliphatic rings. The summed E-state index contributed by atoms with van der Waals surface area (Å²) in [6.45, 7) is 0. The maximum atomic E-state index is 6.04. The predicted molar refractivity (Wildman–Crippen MR) is 77.4 cm³/mol. The van der Waals surface area contributed by atoms with E-state index < -0.39 is 0 Å². The summed E-state index contributed by atoms with van der Waals surface area (Å²) in [5.41, 5.74) is 7.61. The van der Waals surface area contributed by atoms with Crippen LogP contribution in [0.1, 0.15) is 5.56 Å². The molecule has 0 amide bonds. The minimum atomic E-state index is 0.684. The van der Waals surface area contributed by atoms with E-state index in [0.29, 0.717) is 5.02 Å². The summed E-state index contributed by atoms with van der Waals surface area (Å²) >= 11 is 11.1. The van der Waals surface area contributed by atoms with Crippen molar-refractivity contribution in [2.45, 2.75) is 10.8 Å². The lowest BCUT2D eigenvalue weighted by atomic mass is 10.2. The average molecular weight is 330 g/mol. The number of thioether (sulfide) groups is 1. The van der Waals surface area contributed by atoms with E-state index >= 15 is 0 Å². The van der Waals surface area contributed by atoms with Gasteiger partial charge in [0, 0.05) is 22.1 Å². The number of aromatic nitrogens is 1. The first-order valence-corrected chi connectivity index (χ1v) is 7.09. The molecule has 0 aliphatic carbocycles. The van der Waals surface area contributed by atoms with Gasteiger partial charge in [-0.2, -0.15) is 0 Å². The molecule has 0 radical (unpaired) electrons. The number of rotatable bonds is 3. The Kier molecular flexibility index (Phi) is 4.31. The molecule has 0 unspecified atom stereocenters. The van der Waals surface area contributed by atoms with Crippen LogP contribution in [0.3, 0.4) is 0 Å². The lowest BCUT2D eigenvalue weighted by Gasteiger charge is -2.06. The van der Waals surface area contributed by atoms with Crippen molar-refractivity contribution in [2.24, 2.45) is 0 Å². The van der Waals surface area contributed by atoms with Gasteiger partial charge in [-0.05, 0) is 29.8 Å². The summed E-state index contributed by atoms with van der Waals surface area (Å²) in [4.78, 5) is 4.23. The predicted octanol–water partition coefficient (Wildman–Crippen LogP) is 4.37. The Morgan fingerprint density at radius 1 is 1.35 bits per heavy atom. The van der Waals surface area contributed by atoms with E-state index in [1.54, 1.807) is 18.0 Å². The van der Waals surface area contributed by atoms with E-state index in [-0.39, 0.29) is 0 Å². The number of anilines is 1. The smallest absolute Gasteiger partial charge is 0.115 e. The summed E-state index contributed by atoms with van der Waals surface area (Å²) in [6.07, 6.45) is 1.74. The standard InChI is InChI=1S/C12H10BrClN2S/c13-10-6-9(15)4-3-8(10)7-17-12-11(14)2-1-5-16-12/h1-6H,7,15H2. The molecule has 0 fully saturated rings. The van der Waals surface area contributed by atoms with E-state index in [1.807, 2.05) is 30.3 Å². The molecule has 1 aromatic carbocycles. The monoisotopic (exact) mass is 328 g/mol. The number of nitrogens with zero attached hydrogens (tertiary/aromatic N) is 1. The third-order valence-corrected chi connectivity index (χ3v) is 4.38. The Balaban J connectivity index is 2.10. The Labute approximate surface area is 118 Å². The van der Waals surface area contributed by atoms with Gasteiger partial charge in [-0.3, -0.25) is 0 Å². The number of hydrogen-bond donors (Lipinski definition) is 1. The highest BCUT2D eigenvalue weighted by Crippen LogP contribution is 2.30. The first-order chi connectivity index (χ1) is 8.16. The van der Waals surface area contributed by atoms with Crippen molar-refractivity contribution in [1.82, 2.24) is 4.98 Å². The fraction of sp³-hybridized carbons (Fsp3) is 0.0833. The highest BCUT2D eigenvalue weighted by atomic mass is 79.9. The zero-order valence-corrected chi connectivity index (χ0v) is 12.0. The van der Waals surface area contributed by atoms with E-state index in [2.05, 4.69) is 20.9 Å². The summed E-state index contributed by atoms with van der Waals surface area (Å²) in [5, 5.41) is 1.53. The zero-order valence-electron chi connectivity index (χ0n) is 8.86. The van der Waals surface area contributed by atoms with Crippen LogP contribution in [0, 0.1) is 0 Å². The molecule has 2 nitrogen and oxygen atoms in total. The van der Waals surface area contributed by atoms with Gasteiger partial charge in [-0.1, -0.05) is 33.6 Å². The van der Waals surface area contributed by atoms with Gasteiger partial charge in [0.05, 0.1) is 5.02 Å². The summed E-state index contributed by atoms with van der Waals surface area (Å²) in [7, 11) is 0. The molecule has 2 rings (SSSR count). The molecule has 0 saturated heterocycles. The minimum absolute atomic E-state index is 0.684. The zero-order chi connectivity index (χ0) is 12.3. The van der Waals surface area contributed by atoms with E-state index in [4.69, 9.17) is 17.3 Å². The number of nitrogens with two attached hydrogens (primary N) is 1. The van der Waals surface area contributed by atoms with Crippen molar-refractivity contribution in [3.8, 4) is 0 Å². The highest BCUT2D eigenvalue weighted by molar-refractivity contribution is 9.10. The molecule has 0 aliphatic heterocycles. The largest absolute Gasteiger partial charge is 0.399 e. The molecular weight excluding hydrogens is 320 g/mol. The van der Waals surface area contributed by atoms with Crippen molar-refractivity contribution in [1.29, 1.82) is 0 Å². The number of pyridine rings is 1. The maximum Gasteiger partial charge on any atom is 0.115 e. The van der Waals surface area contributed by atoms with Gasteiger partial charge in [0.15, 0.2) is 0 Å². The second kappa shape index (κ2) is 5.76. The third kappa shape index (κ3) is 3.37. The van der Waals surface area contributed by atoms with Crippen LogP contribution in [0.15, 0.2) is 46.0 Å². The van der Waals surface area contributed by atoms with Crippen LogP contribution >= 0.6 is 39.3 Å². The van der Waals surface area contributed by atoms with Crippen LogP contribution in [0.25, 0.3) is 0 Å². The second-order valence-corrected chi connectivity index (χ2v) is 5.66. The molecular formula is C12H10BrClN2S. The SMILES string of the molecule is Nc1ccc(CSc2ncccc2Cl)c(Br)c1. The molecule has 2 aromatic rings. The molecule has 88 valence electrons. The fourth-order valence-corrected chi connectivity index (χ4v) is 3.20. The first-order valence-electron chi connectivity index (χ1n) is 4.94. The van der Waals surface area contributed by atoms with Gasteiger partial charge in [0.1, 0.15) is 5.03 Å². The lowest BCUT2D eigenvalue weighted by Crippen LogP contribution is -1.89. The van der Waals surface area contributed by atoms with Crippen molar-refractivity contribution in [2.75, 3.05) is 5.73 Å². The number of benzene rings is 1. The molecule has 5 heteroatoms. The van der Waals surface area contributed by atoms with E-state index in [1.165, 1.54) is 5.56 Å². The summed E-state index contributed by atoms with van der Waals surface area (Å²) < 4.78 is 1.01. The first kappa shape index (κ1) is 12.7. The van der Waals surface area contributed by atoms with E-state index in [9.17, 15) is 0 Å². The van der Waals surface area contributed by atoms with Crippen LogP contribution in [0.4, 0.5) is 5.69 Å². The second-order valence-electron chi connectivity index (χ2n) is 3.43. The van der Waals surface area contributed by atoms with Crippen LogP contribution in [-0.2, 0) is 5.75 Å². The minimum Gasteiger partial charge on any atom is -0.399 e. The Bertz CT molecular complexity index is 534. The maximum absolute atomic E-state index is 6.04. The topological polar surface area (TPSA) is 38.9 Å². The van der Waals surface area contributed by atoms with Gasteiger partial charge in [-0.15, -0.1) is 11.8 Å². The van der Waals surface area contributed by atoms with Crippen molar-refractivity contribution >= 4 is 45.0 Å². The molecule has 2 N–H and O–H groups in total. The van der Waals surface area contributed by atoms with Crippen LogP contribution in [0.2, 0.25) is 5.02 Å². The van der Waals surface area contributed by atoms with Crippen LogP contribution in [0.5, 0.6) is 0 Å². The summed E-state index contributed by atoms with van der Waals surface area (Å²) in [5.74, 6) is 0.803. The molecule has 0 spiro atoms. The Hall–Kier alpha value is -0.710. The lowest BCUT2D eigenvalue weighted by molar-refractivity contribution is 1.13. The van der Waals surface area contributed by atoms with Gasteiger partial charge in [0.25, 0.3) is 0 Å². The molecule has 1 aromatic heterocycles. The van der Waals surface area contributed by atoms with Crippen molar-refractivity contribution < 1.29 is 0 Å². The van der Waals surface area contributed by atoms with Gasteiger partial charge < -0.3 is 5.73 Å². The molecule has 0 bridgehead atoms. The van der Waals surface area contributed by atoms with Gasteiger partial charge in [0.2, 0.25) is 0 Å². The molecule has 1 heterocycles. The number of halogens is 2. The normalized spacial score (nSPS) is 10.5. The Morgan fingerprint density at radius 2 is 2.18 bits per heavy atom. The van der Waals surface area contributed by atoms with Crippen molar-refractivity contribution in [3.63, 3.8) is 0 Å².